The number of carbonyl (C=O) groups is 2. The van der Waals surface area contributed by atoms with Crippen LogP contribution in [0.3, 0.4) is 0 Å². The third kappa shape index (κ3) is 5.19. The molecule has 0 unspecified atom stereocenters. The topological polar surface area (TPSA) is 73.7 Å². The summed E-state index contributed by atoms with van der Waals surface area (Å²) in [5.74, 6) is -0.112. The molecule has 0 aliphatic carbocycles. The molecule has 8 heteroatoms. The first kappa shape index (κ1) is 21.6. The summed E-state index contributed by atoms with van der Waals surface area (Å²) < 4.78 is 13.4. The number of Topliss-reactive ketones (excluding diaryl/α,β-unsaturated/α-hetero) is 1. The minimum atomic E-state index is -1.84. The van der Waals surface area contributed by atoms with Gasteiger partial charge in [-0.15, -0.1) is 0 Å². The normalized spacial score (nSPS) is 15.7. The van der Waals surface area contributed by atoms with Crippen molar-refractivity contribution in [1.82, 2.24) is 14.7 Å². The van der Waals surface area contributed by atoms with Crippen molar-refractivity contribution in [3.8, 4) is 0 Å². The van der Waals surface area contributed by atoms with Crippen LogP contribution in [0.1, 0.15) is 57.6 Å². The predicted octanol–water partition coefficient (Wildman–Crippen LogP) is 3.84. The molecule has 1 aliphatic heterocycles. The fraction of sp³-hybridized carbons (Fsp3) is 0.737. The van der Waals surface area contributed by atoms with Gasteiger partial charge in [0.2, 0.25) is 0 Å². The summed E-state index contributed by atoms with van der Waals surface area (Å²) in [7, 11) is -1.84. The van der Waals surface area contributed by atoms with Crippen LogP contribution >= 0.6 is 0 Å². The highest BCUT2D eigenvalue weighted by Crippen LogP contribution is 2.36. The van der Waals surface area contributed by atoms with E-state index in [1.165, 1.54) is 4.90 Å². The van der Waals surface area contributed by atoms with Crippen molar-refractivity contribution in [2.45, 2.75) is 78.4 Å². The van der Waals surface area contributed by atoms with Gasteiger partial charge in [0.15, 0.2) is 14.1 Å². The van der Waals surface area contributed by atoms with Gasteiger partial charge in [-0.05, 0) is 38.9 Å². The Morgan fingerprint density at radius 3 is 2.37 bits per heavy atom. The monoisotopic (exact) mass is 395 g/mol. The molecule has 2 heterocycles. The Balaban J connectivity index is 2.08. The molecule has 0 spiro atoms. The Bertz CT molecular complexity index is 714. The van der Waals surface area contributed by atoms with Crippen molar-refractivity contribution >= 4 is 20.2 Å². The molecule has 0 N–H and O–H groups in total. The lowest BCUT2D eigenvalue weighted by molar-refractivity contribution is 0.0215. The lowest BCUT2D eigenvalue weighted by Crippen LogP contribution is -2.43. The third-order valence-electron chi connectivity index (χ3n) is 5.15. The Morgan fingerprint density at radius 2 is 1.81 bits per heavy atom. The van der Waals surface area contributed by atoms with Crippen LogP contribution in [-0.2, 0) is 22.3 Å². The van der Waals surface area contributed by atoms with Crippen LogP contribution in [0.2, 0.25) is 18.1 Å². The molecule has 2 rings (SSSR count). The van der Waals surface area contributed by atoms with Gasteiger partial charge < -0.3 is 9.16 Å². The molecule has 1 aliphatic rings. The molecular weight excluding hydrogens is 362 g/mol. The van der Waals surface area contributed by atoms with Crippen LogP contribution in [0.25, 0.3) is 0 Å². The number of hydrogen-bond acceptors (Lipinski definition) is 5. The van der Waals surface area contributed by atoms with E-state index in [4.69, 9.17) is 9.16 Å². The maximum Gasteiger partial charge on any atom is 0.411 e. The van der Waals surface area contributed by atoms with Gasteiger partial charge in [-0.3, -0.25) is 14.4 Å². The molecule has 0 saturated carbocycles. The molecule has 152 valence electrons. The lowest BCUT2D eigenvalue weighted by Gasteiger charge is -2.36. The van der Waals surface area contributed by atoms with Crippen molar-refractivity contribution in [2.24, 2.45) is 0 Å². The van der Waals surface area contributed by atoms with Gasteiger partial charge in [0.25, 0.3) is 0 Å². The van der Waals surface area contributed by atoms with Crippen molar-refractivity contribution < 1.29 is 18.8 Å². The van der Waals surface area contributed by atoms with Gasteiger partial charge in [0, 0.05) is 0 Å². The molecule has 1 amide bonds. The predicted molar refractivity (Wildman–Crippen MR) is 106 cm³/mol. The van der Waals surface area contributed by atoms with E-state index >= 15 is 0 Å². The second-order valence-corrected chi connectivity index (χ2v) is 14.4. The maximum absolute atomic E-state index is 12.4. The minimum absolute atomic E-state index is 0.0219. The summed E-state index contributed by atoms with van der Waals surface area (Å²) in [4.78, 5) is 26.2. The van der Waals surface area contributed by atoms with Crippen LogP contribution in [0.4, 0.5) is 4.79 Å². The zero-order valence-corrected chi connectivity index (χ0v) is 18.9. The molecule has 0 atom stereocenters. The standard InChI is InChI=1S/C19H33N3O4Si/c1-18(2,3)26-17(24)21-12-15-14(16(23)13-21)11-20-22(15)9-10-25-27(7,8)19(4,5)6/h11H,9-10,12-13H2,1-8H3. The molecule has 0 fully saturated rings. The first-order valence-corrected chi connectivity index (χ1v) is 12.3. The molecule has 1 aromatic rings. The third-order valence-corrected chi connectivity index (χ3v) is 9.69. The fourth-order valence-corrected chi connectivity index (χ4v) is 3.59. The lowest BCUT2D eigenvalue weighted by atomic mass is 10.1. The van der Waals surface area contributed by atoms with E-state index in [1.54, 1.807) is 10.9 Å². The van der Waals surface area contributed by atoms with Crippen LogP contribution in [0.5, 0.6) is 0 Å². The number of rotatable bonds is 4. The summed E-state index contributed by atoms with van der Waals surface area (Å²) in [6.45, 7) is 17.9. The second-order valence-electron chi connectivity index (χ2n) is 9.60. The smallest absolute Gasteiger partial charge is 0.411 e. The van der Waals surface area contributed by atoms with Gasteiger partial charge >= 0.3 is 6.09 Å². The largest absolute Gasteiger partial charge is 0.444 e. The van der Waals surface area contributed by atoms with Crippen LogP contribution in [0.15, 0.2) is 6.20 Å². The van der Waals surface area contributed by atoms with Gasteiger partial charge in [-0.25, -0.2) is 4.79 Å². The van der Waals surface area contributed by atoms with E-state index < -0.39 is 20.0 Å². The summed E-state index contributed by atoms with van der Waals surface area (Å²) >= 11 is 0. The van der Waals surface area contributed by atoms with Crippen LogP contribution < -0.4 is 0 Å². The second kappa shape index (κ2) is 7.39. The molecular formula is C19H33N3O4Si. The fourth-order valence-electron chi connectivity index (χ4n) is 2.56. The number of ketones is 1. The van der Waals surface area contributed by atoms with Crippen molar-refractivity contribution in [3.63, 3.8) is 0 Å². The van der Waals surface area contributed by atoms with Gasteiger partial charge in [-0.2, -0.15) is 5.10 Å². The van der Waals surface area contributed by atoms with Crippen molar-refractivity contribution in [1.29, 1.82) is 0 Å². The van der Waals surface area contributed by atoms with Gasteiger partial charge in [0.1, 0.15) is 5.60 Å². The van der Waals surface area contributed by atoms with E-state index in [2.05, 4.69) is 39.0 Å². The number of amides is 1. The highest BCUT2D eigenvalue weighted by Gasteiger charge is 2.37. The maximum atomic E-state index is 12.4. The number of aromatic nitrogens is 2. The van der Waals surface area contributed by atoms with Gasteiger partial charge in [-0.1, -0.05) is 20.8 Å². The number of hydrogen-bond donors (Lipinski definition) is 0. The number of nitrogens with zero attached hydrogens (tertiary/aromatic N) is 3. The molecule has 0 bridgehead atoms. The van der Waals surface area contributed by atoms with Crippen LogP contribution in [-0.4, -0.2) is 53.6 Å². The first-order chi connectivity index (χ1) is 12.2. The molecule has 0 radical (unpaired) electrons. The van der Waals surface area contributed by atoms with E-state index in [-0.39, 0.29) is 17.4 Å². The minimum Gasteiger partial charge on any atom is -0.444 e. The molecule has 27 heavy (non-hydrogen) atoms. The highest BCUT2D eigenvalue weighted by atomic mass is 28.4. The number of carbonyl (C=O) groups excluding carboxylic acids is 2. The average Bonchev–Trinajstić information content (AvgIpc) is 2.88. The zero-order valence-electron chi connectivity index (χ0n) is 17.9. The quantitative estimate of drug-likeness (QED) is 0.724. The van der Waals surface area contributed by atoms with Crippen molar-refractivity contribution in [3.05, 3.63) is 17.5 Å². The van der Waals surface area contributed by atoms with Gasteiger partial charge in [0.05, 0.1) is 43.7 Å². The molecule has 7 nitrogen and oxygen atoms in total. The van der Waals surface area contributed by atoms with E-state index in [9.17, 15) is 9.59 Å². The van der Waals surface area contributed by atoms with Crippen molar-refractivity contribution in [2.75, 3.05) is 13.2 Å². The van der Waals surface area contributed by atoms with Crippen LogP contribution in [0, 0.1) is 0 Å². The molecule has 1 aromatic heterocycles. The Hall–Kier alpha value is -1.67. The highest BCUT2D eigenvalue weighted by molar-refractivity contribution is 6.74. The summed E-state index contributed by atoms with van der Waals surface area (Å²) in [6.07, 6.45) is 1.11. The van der Waals surface area contributed by atoms with E-state index in [1.807, 2.05) is 20.8 Å². The van der Waals surface area contributed by atoms with E-state index in [0.717, 1.165) is 5.69 Å². The summed E-state index contributed by atoms with van der Waals surface area (Å²) in [5, 5.41) is 4.49. The zero-order chi connectivity index (χ0) is 20.6. The Labute approximate surface area is 163 Å². The number of ether oxygens (including phenoxy) is 1. The first-order valence-electron chi connectivity index (χ1n) is 9.41. The average molecular weight is 396 g/mol. The SMILES string of the molecule is CC(C)(C)OC(=O)N1CC(=O)c2cnn(CCO[Si](C)(C)C(C)(C)C)c2C1. The summed E-state index contributed by atoms with van der Waals surface area (Å²) in [6, 6.07) is 0. The molecule has 0 saturated heterocycles. The van der Waals surface area contributed by atoms with E-state index in [0.29, 0.717) is 25.3 Å². The number of fused-ring (bicyclic) bond motifs is 1. The Morgan fingerprint density at radius 1 is 1.19 bits per heavy atom. The Kier molecular flexibility index (Phi) is 5.92. The summed E-state index contributed by atoms with van der Waals surface area (Å²) in [5.41, 5.74) is 0.732. The molecule has 0 aromatic carbocycles.